The van der Waals surface area contributed by atoms with E-state index in [-0.39, 0.29) is 0 Å². The number of hydrogen-bond acceptors (Lipinski definition) is 2. The first kappa shape index (κ1) is 4.06. The van der Waals surface area contributed by atoms with Crippen molar-refractivity contribution in [2.24, 2.45) is 0 Å². The van der Waals surface area contributed by atoms with Crippen molar-refractivity contribution in [3.63, 3.8) is 0 Å². The highest BCUT2D eigenvalue weighted by molar-refractivity contribution is 5.04. The van der Waals surface area contributed by atoms with Gasteiger partial charge in [0.25, 0.3) is 0 Å². The number of aromatic nitrogens is 3. The summed E-state index contributed by atoms with van der Waals surface area (Å²) in [6.45, 7) is 0. The van der Waals surface area contributed by atoms with E-state index >= 15 is 0 Å². The van der Waals surface area contributed by atoms with Crippen molar-refractivity contribution in [3.8, 4) is 0 Å². The summed E-state index contributed by atoms with van der Waals surface area (Å²) in [5.41, 5.74) is 0. The van der Waals surface area contributed by atoms with Gasteiger partial charge in [0.2, 0.25) is 0 Å². The van der Waals surface area contributed by atoms with E-state index in [2.05, 4.69) is 10.1 Å². The second-order valence-corrected chi connectivity index (χ2v) is 1.91. The lowest BCUT2D eigenvalue weighted by Crippen LogP contribution is -1.92. The van der Waals surface area contributed by atoms with Gasteiger partial charge in [0, 0.05) is 0 Å². The van der Waals surface area contributed by atoms with E-state index in [9.17, 15) is 0 Å². The fourth-order valence-corrected chi connectivity index (χ4v) is 0.657. The molecule has 0 atom stereocenters. The molecular formula is C5H6N3. The molecule has 0 N–H and O–H groups in total. The highest BCUT2D eigenvalue weighted by atomic mass is 15.3. The average molecular weight is 108 g/mol. The first-order valence-corrected chi connectivity index (χ1v) is 2.66. The van der Waals surface area contributed by atoms with Crippen LogP contribution in [0.5, 0.6) is 0 Å². The molecule has 1 fully saturated rings. The molecule has 0 amide bonds. The lowest BCUT2D eigenvalue weighted by Gasteiger charge is -1.87. The number of hydrogen-bond donors (Lipinski definition) is 0. The molecule has 0 aromatic carbocycles. The lowest BCUT2D eigenvalue weighted by atomic mass is 10.7. The van der Waals surface area contributed by atoms with Crippen molar-refractivity contribution in [2.75, 3.05) is 0 Å². The van der Waals surface area contributed by atoms with Crippen molar-refractivity contribution in [3.05, 3.63) is 18.7 Å². The zero-order valence-electron chi connectivity index (χ0n) is 4.41. The minimum absolute atomic E-state index is 1.20. The van der Waals surface area contributed by atoms with Gasteiger partial charge < -0.3 is 0 Å². The maximum absolute atomic E-state index is 3.95. The highest BCUT2D eigenvalue weighted by Crippen LogP contribution is 2.31. The topological polar surface area (TPSA) is 30.7 Å². The SMILES string of the molecule is c1ncn([C]2CC2)n1. The van der Waals surface area contributed by atoms with Gasteiger partial charge in [0.1, 0.15) is 12.7 Å². The maximum atomic E-state index is 3.95. The predicted octanol–water partition coefficient (Wildman–Crippen LogP) is 0.452. The highest BCUT2D eigenvalue weighted by Gasteiger charge is 2.25. The van der Waals surface area contributed by atoms with Gasteiger partial charge in [-0.15, -0.1) is 0 Å². The Labute approximate surface area is 47.3 Å². The van der Waals surface area contributed by atoms with E-state index in [1.54, 1.807) is 12.7 Å². The van der Waals surface area contributed by atoms with Gasteiger partial charge in [-0.1, -0.05) is 0 Å². The lowest BCUT2D eigenvalue weighted by molar-refractivity contribution is 0.783. The summed E-state index contributed by atoms with van der Waals surface area (Å²) in [7, 11) is 0. The Hall–Kier alpha value is -0.860. The van der Waals surface area contributed by atoms with Crippen LogP contribution in [0.25, 0.3) is 0 Å². The molecule has 0 bridgehead atoms. The Morgan fingerprint density at radius 1 is 1.50 bits per heavy atom. The minimum atomic E-state index is 1.20. The molecule has 0 unspecified atom stereocenters. The Kier molecular flexibility index (Phi) is 0.664. The summed E-state index contributed by atoms with van der Waals surface area (Å²) in [6, 6.07) is 1.38. The van der Waals surface area contributed by atoms with Gasteiger partial charge in [0.15, 0.2) is 0 Å². The van der Waals surface area contributed by atoms with Gasteiger partial charge in [-0.05, 0) is 12.8 Å². The standard InChI is InChI=1S/C5H6N3/c1-2-5(1)8-4-6-3-7-8/h3-4H,1-2H2. The first-order valence-electron chi connectivity index (χ1n) is 2.66. The molecule has 1 aromatic rings. The van der Waals surface area contributed by atoms with Crippen molar-refractivity contribution in [2.45, 2.75) is 12.8 Å². The third-order valence-corrected chi connectivity index (χ3v) is 1.22. The fraction of sp³-hybridized carbons (Fsp3) is 0.400. The molecule has 41 valence electrons. The first-order chi connectivity index (χ1) is 3.97. The summed E-state index contributed by atoms with van der Waals surface area (Å²) >= 11 is 0. The molecule has 1 aliphatic rings. The van der Waals surface area contributed by atoms with Crippen LogP contribution < -0.4 is 0 Å². The quantitative estimate of drug-likeness (QED) is 0.523. The van der Waals surface area contributed by atoms with Crippen LogP contribution in [0.15, 0.2) is 12.7 Å². The summed E-state index contributed by atoms with van der Waals surface area (Å²) in [5.74, 6) is 0. The Bertz CT molecular complexity index is 164. The van der Waals surface area contributed by atoms with Crippen LogP contribution in [0.4, 0.5) is 0 Å². The molecular weight excluding hydrogens is 102 g/mol. The summed E-state index contributed by atoms with van der Waals surface area (Å²) in [6.07, 6.45) is 5.69. The molecule has 1 aliphatic carbocycles. The number of nitrogens with zero attached hydrogens (tertiary/aromatic N) is 3. The fourth-order valence-electron chi connectivity index (χ4n) is 0.657. The predicted molar refractivity (Wildman–Crippen MR) is 27.9 cm³/mol. The molecule has 1 heterocycles. The van der Waals surface area contributed by atoms with Crippen molar-refractivity contribution >= 4 is 0 Å². The molecule has 0 saturated heterocycles. The van der Waals surface area contributed by atoms with Crippen LogP contribution in [0.1, 0.15) is 12.8 Å². The van der Waals surface area contributed by atoms with Gasteiger partial charge in [-0.25, -0.2) is 9.67 Å². The van der Waals surface area contributed by atoms with E-state index in [0.717, 1.165) is 0 Å². The zero-order chi connectivity index (χ0) is 5.40. The Morgan fingerprint density at radius 2 is 2.38 bits per heavy atom. The second kappa shape index (κ2) is 1.31. The third-order valence-electron chi connectivity index (χ3n) is 1.22. The zero-order valence-corrected chi connectivity index (χ0v) is 4.41. The minimum Gasteiger partial charge on any atom is -0.244 e. The number of rotatable bonds is 1. The molecule has 8 heavy (non-hydrogen) atoms. The van der Waals surface area contributed by atoms with Crippen LogP contribution in [0, 0.1) is 6.04 Å². The molecule has 3 nitrogen and oxygen atoms in total. The molecule has 0 aliphatic heterocycles. The summed E-state index contributed by atoms with van der Waals surface area (Å²) in [5, 5.41) is 3.95. The van der Waals surface area contributed by atoms with E-state index in [4.69, 9.17) is 0 Å². The van der Waals surface area contributed by atoms with Crippen molar-refractivity contribution < 1.29 is 0 Å². The summed E-state index contributed by atoms with van der Waals surface area (Å²) < 4.78 is 1.83. The smallest absolute Gasteiger partial charge is 0.137 e. The Morgan fingerprint density at radius 3 is 2.88 bits per heavy atom. The molecule has 2 rings (SSSR count). The molecule has 3 heteroatoms. The van der Waals surface area contributed by atoms with E-state index < -0.39 is 0 Å². The van der Waals surface area contributed by atoms with Gasteiger partial charge in [0.05, 0.1) is 6.04 Å². The van der Waals surface area contributed by atoms with Crippen LogP contribution in [0.2, 0.25) is 0 Å². The van der Waals surface area contributed by atoms with Crippen LogP contribution in [-0.2, 0) is 0 Å². The van der Waals surface area contributed by atoms with E-state index in [1.165, 1.54) is 18.9 Å². The average Bonchev–Trinajstić information content (AvgIpc) is 2.49. The Balaban J connectivity index is 2.28. The van der Waals surface area contributed by atoms with Gasteiger partial charge >= 0.3 is 0 Å². The van der Waals surface area contributed by atoms with Crippen LogP contribution in [-0.4, -0.2) is 14.8 Å². The van der Waals surface area contributed by atoms with Gasteiger partial charge in [-0.2, -0.15) is 5.10 Å². The largest absolute Gasteiger partial charge is 0.244 e. The second-order valence-electron chi connectivity index (χ2n) is 1.91. The van der Waals surface area contributed by atoms with Crippen molar-refractivity contribution in [1.29, 1.82) is 0 Å². The monoisotopic (exact) mass is 108 g/mol. The van der Waals surface area contributed by atoms with Crippen LogP contribution >= 0.6 is 0 Å². The van der Waals surface area contributed by atoms with E-state index in [0.29, 0.717) is 0 Å². The normalized spacial score (nSPS) is 19.0. The van der Waals surface area contributed by atoms with Crippen LogP contribution in [0.3, 0.4) is 0 Å². The van der Waals surface area contributed by atoms with Crippen molar-refractivity contribution in [1.82, 2.24) is 14.8 Å². The van der Waals surface area contributed by atoms with Gasteiger partial charge in [-0.3, -0.25) is 0 Å². The molecule has 0 spiro atoms. The third kappa shape index (κ3) is 0.510. The molecule has 1 radical (unpaired) electrons. The van der Waals surface area contributed by atoms with E-state index in [1.807, 2.05) is 4.68 Å². The molecule has 1 aromatic heterocycles. The molecule has 1 saturated carbocycles. The maximum Gasteiger partial charge on any atom is 0.137 e. The summed E-state index contributed by atoms with van der Waals surface area (Å²) in [4.78, 5) is 3.81.